The predicted octanol–water partition coefficient (Wildman–Crippen LogP) is 9.20. The van der Waals surface area contributed by atoms with Crippen molar-refractivity contribution in [3.63, 3.8) is 0 Å². The van der Waals surface area contributed by atoms with Gasteiger partial charge in [0.15, 0.2) is 0 Å². The van der Waals surface area contributed by atoms with Crippen LogP contribution in [-0.2, 0) is 4.79 Å². The number of hydrogen-bond acceptors (Lipinski definition) is 2. The van der Waals surface area contributed by atoms with Crippen LogP contribution < -0.4 is 0 Å². The number of rotatable bonds is 26. The van der Waals surface area contributed by atoms with Crippen molar-refractivity contribution in [2.45, 2.75) is 174 Å². The summed E-state index contributed by atoms with van der Waals surface area (Å²) in [5.74, 6) is -0.713. The van der Waals surface area contributed by atoms with Gasteiger partial charge in [-0.15, -0.1) is 0 Å². The molecule has 0 amide bonds. The molecule has 0 bridgehead atoms. The Morgan fingerprint density at radius 3 is 1.13 bits per heavy atom. The lowest BCUT2D eigenvalue weighted by molar-refractivity contribution is -0.137. The molecule has 3 nitrogen and oxygen atoms in total. The van der Waals surface area contributed by atoms with Crippen LogP contribution in [0.2, 0.25) is 0 Å². The van der Waals surface area contributed by atoms with E-state index in [0.29, 0.717) is 0 Å². The molecule has 1 unspecified atom stereocenters. The molecule has 0 aliphatic heterocycles. The van der Waals surface area contributed by atoms with Gasteiger partial charge in [0.2, 0.25) is 0 Å². The van der Waals surface area contributed by atoms with E-state index in [1.54, 1.807) is 0 Å². The summed E-state index contributed by atoms with van der Waals surface area (Å²) in [6.45, 7) is 2.29. The van der Waals surface area contributed by atoms with Crippen LogP contribution in [0.1, 0.15) is 167 Å². The zero-order chi connectivity index (χ0) is 22.8. The molecule has 0 radical (unpaired) electrons. The quantitative estimate of drug-likeness (QED) is 0.132. The molecule has 31 heavy (non-hydrogen) atoms. The van der Waals surface area contributed by atoms with Gasteiger partial charge in [0, 0.05) is 6.42 Å². The molecule has 0 aromatic rings. The number of aliphatic hydroxyl groups is 1. The lowest BCUT2D eigenvalue weighted by atomic mass is 10.0. The molecular weight excluding hydrogens is 384 g/mol. The summed E-state index contributed by atoms with van der Waals surface area (Å²) < 4.78 is 0. The molecule has 1 atom stereocenters. The highest BCUT2D eigenvalue weighted by molar-refractivity contribution is 5.66. The third-order valence-electron chi connectivity index (χ3n) is 6.57. The zero-order valence-corrected chi connectivity index (χ0v) is 21.1. The topological polar surface area (TPSA) is 57.5 Å². The minimum Gasteiger partial charge on any atom is -0.481 e. The van der Waals surface area contributed by atoms with Crippen LogP contribution >= 0.6 is 0 Å². The summed E-state index contributed by atoms with van der Waals surface area (Å²) in [6, 6.07) is 0. The molecule has 0 fully saturated rings. The van der Waals surface area contributed by atoms with Crippen molar-refractivity contribution in [3.05, 3.63) is 0 Å². The van der Waals surface area contributed by atoms with Crippen LogP contribution in [0.5, 0.6) is 0 Å². The first-order chi connectivity index (χ1) is 15.2. The van der Waals surface area contributed by atoms with Gasteiger partial charge in [-0.3, -0.25) is 4.79 Å². The van der Waals surface area contributed by atoms with Gasteiger partial charge in [0.1, 0.15) is 0 Å². The van der Waals surface area contributed by atoms with E-state index < -0.39 is 5.97 Å². The van der Waals surface area contributed by atoms with E-state index in [2.05, 4.69) is 6.92 Å². The number of carboxylic acid groups (broad SMARTS) is 1. The summed E-state index contributed by atoms with van der Waals surface area (Å²) in [7, 11) is 0. The molecule has 0 aromatic carbocycles. The molecule has 2 N–H and O–H groups in total. The molecule has 3 heteroatoms. The molecule has 0 aliphatic carbocycles. The molecular formula is C28H56O3. The van der Waals surface area contributed by atoms with Gasteiger partial charge in [-0.05, 0) is 19.3 Å². The fourth-order valence-electron chi connectivity index (χ4n) is 4.44. The van der Waals surface area contributed by atoms with Gasteiger partial charge in [-0.1, -0.05) is 142 Å². The van der Waals surface area contributed by atoms with Gasteiger partial charge in [-0.25, -0.2) is 0 Å². The van der Waals surface area contributed by atoms with E-state index >= 15 is 0 Å². The van der Waals surface area contributed by atoms with E-state index in [-0.39, 0.29) is 12.5 Å². The third kappa shape index (κ3) is 27.4. The fourth-order valence-corrected chi connectivity index (χ4v) is 4.44. The maximum absolute atomic E-state index is 10.4. The van der Waals surface area contributed by atoms with Crippen LogP contribution in [0, 0.1) is 0 Å². The van der Waals surface area contributed by atoms with E-state index in [1.165, 1.54) is 116 Å². The summed E-state index contributed by atoms with van der Waals surface area (Å²) in [4.78, 5) is 10.4. The van der Waals surface area contributed by atoms with Gasteiger partial charge in [-0.2, -0.15) is 0 Å². The number of unbranched alkanes of at least 4 members (excludes halogenated alkanes) is 20. The minimum absolute atomic E-state index is 0.185. The third-order valence-corrected chi connectivity index (χ3v) is 6.57. The molecule has 0 aliphatic rings. The van der Waals surface area contributed by atoms with Crippen molar-refractivity contribution in [1.29, 1.82) is 0 Å². The first kappa shape index (κ1) is 30.4. The molecule has 0 aromatic heterocycles. The SMILES string of the molecule is CCCCCCCCCCCCCCCCCCCCCC(O)CCCCCC(=O)O. The maximum atomic E-state index is 10.4. The Bertz CT molecular complexity index is 356. The average molecular weight is 441 g/mol. The molecule has 0 spiro atoms. The number of aliphatic hydroxyl groups excluding tert-OH is 1. The minimum atomic E-state index is -0.713. The lowest BCUT2D eigenvalue weighted by Gasteiger charge is -2.10. The molecule has 0 heterocycles. The summed E-state index contributed by atoms with van der Waals surface area (Å²) in [5, 5.41) is 18.6. The Labute approximate surface area is 194 Å². The molecule has 0 rings (SSSR count). The van der Waals surface area contributed by atoms with Gasteiger partial charge in [0.25, 0.3) is 0 Å². The largest absolute Gasteiger partial charge is 0.481 e. The van der Waals surface area contributed by atoms with Crippen molar-refractivity contribution < 1.29 is 15.0 Å². The smallest absolute Gasteiger partial charge is 0.303 e. The number of aliphatic carboxylic acids is 1. The Balaban J connectivity index is 3.11. The predicted molar refractivity (Wildman–Crippen MR) is 135 cm³/mol. The Kier molecular flexibility index (Phi) is 25.2. The van der Waals surface area contributed by atoms with Crippen LogP contribution in [0.3, 0.4) is 0 Å². The normalized spacial score (nSPS) is 12.3. The Hall–Kier alpha value is -0.570. The first-order valence-electron chi connectivity index (χ1n) is 14.1. The Morgan fingerprint density at radius 2 is 0.806 bits per heavy atom. The second kappa shape index (κ2) is 25.7. The van der Waals surface area contributed by atoms with Gasteiger partial charge >= 0.3 is 5.97 Å². The van der Waals surface area contributed by atoms with E-state index in [4.69, 9.17) is 5.11 Å². The number of carboxylic acids is 1. The van der Waals surface area contributed by atoms with Gasteiger partial charge in [0.05, 0.1) is 6.10 Å². The summed E-state index contributed by atoms with van der Waals surface area (Å²) in [5.41, 5.74) is 0. The second-order valence-corrected chi connectivity index (χ2v) is 9.80. The van der Waals surface area contributed by atoms with Crippen molar-refractivity contribution in [1.82, 2.24) is 0 Å². The number of hydrogen-bond donors (Lipinski definition) is 2. The highest BCUT2D eigenvalue weighted by atomic mass is 16.4. The van der Waals surface area contributed by atoms with Crippen LogP contribution in [-0.4, -0.2) is 22.3 Å². The molecule has 0 saturated carbocycles. The van der Waals surface area contributed by atoms with Crippen molar-refractivity contribution >= 4 is 5.97 Å². The van der Waals surface area contributed by atoms with Crippen molar-refractivity contribution in [3.8, 4) is 0 Å². The second-order valence-electron chi connectivity index (χ2n) is 9.80. The highest BCUT2D eigenvalue weighted by Gasteiger charge is 2.04. The van der Waals surface area contributed by atoms with E-state index in [9.17, 15) is 9.90 Å². The van der Waals surface area contributed by atoms with Crippen molar-refractivity contribution in [2.24, 2.45) is 0 Å². The van der Waals surface area contributed by atoms with Crippen molar-refractivity contribution in [2.75, 3.05) is 0 Å². The highest BCUT2D eigenvalue weighted by Crippen LogP contribution is 2.16. The van der Waals surface area contributed by atoms with Crippen LogP contribution in [0.25, 0.3) is 0 Å². The van der Waals surface area contributed by atoms with E-state index in [0.717, 1.165) is 38.5 Å². The summed E-state index contributed by atoms with van der Waals surface area (Å²) >= 11 is 0. The van der Waals surface area contributed by atoms with E-state index in [1.807, 2.05) is 0 Å². The first-order valence-corrected chi connectivity index (χ1v) is 14.1. The Morgan fingerprint density at radius 1 is 0.516 bits per heavy atom. The lowest BCUT2D eigenvalue weighted by Crippen LogP contribution is -2.06. The zero-order valence-electron chi connectivity index (χ0n) is 21.1. The molecule has 0 saturated heterocycles. The van der Waals surface area contributed by atoms with Crippen LogP contribution in [0.4, 0.5) is 0 Å². The average Bonchev–Trinajstić information content (AvgIpc) is 2.75. The standard InChI is InChI=1S/C28H56O3/c1-2-3-4-5-6-7-8-9-10-11-12-13-14-15-16-17-18-19-21-24-27(29)25-22-20-23-26-28(30)31/h27,29H,2-26H2,1H3,(H,30,31). The number of carbonyl (C=O) groups is 1. The monoisotopic (exact) mass is 440 g/mol. The maximum Gasteiger partial charge on any atom is 0.303 e. The fraction of sp³-hybridized carbons (Fsp3) is 0.964. The van der Waals surface area contributed by atoms with Gasteiger partial charge < -0.3 is 10.2 Å². The molecule has 186 valence electrons. The summed E-state index contributed by atoms with van der Waals surface area (Å²) in [6.07, 6.45) is 30.9. The van der Waals surface area contributed by atoms with Crippen LogP contribution in [0.15, 0.2) is 0 Å².